The lowest BCUT2D eigenvalue weighted by molar-refractivity contribution is 0.0724. The molecule has 0 unspecified atom stereocenters. The third kappa shape index (κ3) is 5.73. The highest BCUT2D eigenvalue weighted by Gasteiger charge is 2.18. The molecular weight excluding hydrogens is 422 g/mol. The van der Waals surface area contributed by atoms with Crippen molar-refractivity contribution in [3.05, 3.63) is 81.3 Å². The number of aryl methyl sites for hydroxylation is 1. The molecule has 1 saturated heterocycles. The van der Waals surface area contributed by atoms with Crippen molar-refractivity contribution in [2.75, 3.05) is 13.1 Å². The van der Waals surface area contributed by atoms with E-state index >= 15 is 0 Å². The lowest BCUT2D eigenvalue weighted by atomic mass is 10.1. The van der Waals surface area contributed by atoms with E-state index in [9.17, 15) is 9.59 Å². The van der Waals surface area contributed by atoms with Gasteiger partial charge in [0.15, 0.2) is 0 Å². The molecule has 6 nitrogen and oxygen atoms in total. The molecule has 0 atom stereocenters. The predicted molar refractivity (Wildman–Crippen MR) is 125 cm³/mol. The van der Waals surface area contributed by atoms with Crippen LogP contribution in [-0.4, -0.2) is 34.8 Å². The molecule has 1 aliphatic rings. The molecule has 166 valence electrons. The molecule has 1 aromatic heterocycles. The number of aromatic nitrogens is 1. The van der Waals surface area contributed by atoms with Crippen molar-refractivity contribution in [3.63, 3.8) is 0 Å². The molecule has 2 amide bonds. The molecule has 2 aromatic carbocycles. The summed E-state index contributed by atoms with van der Waals surface area (Å²) in [6.45, 7) is 4.40. The summed E-state index contributed by atoms with van der Waals surface area (Å²) in [4.78, 5) is 31.3. The number of thiazole rings is 1. The van der Waals surface area contributed by atoms with Crippen molar-refractivity contribution >= 4 is 23.2 Å². The predicted octanol–water partition coefficient (Wildman–Crippen LogP) is 4.59. The minimum absolute atomic E-state index is 0.0862. The first kappa shape index (κ1) is 22.0. The van der Waals surface area contributed by atoms with Gasteiger partial charge in [-0.2, -0.15) is 0 Å². The van der Waals surface area contributed by atoms with Gasteiger partial charge in [-0.3, -0.25) is 9.59 Å². The van der Waals surface area contributed by atoms with Gasteiger partial charge in [-0.1, -0.05) is 29.8 Å². The summed E-state index contributed by atoms with van der Waals surface area (Å²) in [6.07, 6.45) is 3.35. The van der Waals surface area contributed by atoms with Gasteiger partial charge in [0.2, 0.25) is 0 Å². The smallest absolute Gasteiger partial charge is 0.271 e. The quantitative estimate of drug-likeness (QED) is 0.573. The monoisotopic (exact) mass is 449 g/mol. The van der Waals surface area contributed by atoms with Gasteiger partial charge in [0, 0.05) is 30.6 Å². The highest BCUT2D eigenvalue weighted by atomic mass is 32.1. The van der Waals surface area contributed by atoms with Crippen molar-refractivity contribution < 1.29 is 14.3 Å². The van der Waals surface area contributed by atoms with E-state index < -0.39 is 0 Å². The number of ether oxygens (including phenoxy) is 1. The number of carbonyl (C=O) groups excluding carboxylic acids is 2. The number of amides is 2. The second-order valence-corrected chi connectivity index (χ2v) is 8.90. The van der Waals surface area contributed by atoms with Crippen LogP contribution in [0, 0.1) is 6.92 Å². The van der Waals surface area contributed by atoms with Crippen molar-refractivity contribution in [2.45, 2.75) is 39.3 Å². The van der Waals surface area contributed by atoms with Gasteiger partial charge < -0.3 is 15.0 Å². The number of hydrogen-bond donors (Lipinski definition) is 1. The number of carbonyl (C=O) groups is 2. The number of nitrogens with one attached hydrogen (secondary N) is 1. The van der Waals surface area contributed by atoms with E-state index in [1.807, 2.05) is 60.4 Å². The summed E-state index contributed by atoms with van der Waals surface area (Å²) in [5.41, 5.74) is 3.19. The van der Waals surface area contributed by atoms with Crippen LogP contribution in [0.15, 0.2) is 53.9 Å². The van der Waals surface area contributed by atoms with Crippen LogP contribution in [0.5, 0.6) is 5.75 Å². The highest BCUT2D eigenvalue weighted by molar-refractivity contribution is 7.09. The van der Waals surface area contributed by atoms with E-state index in [2.05, 4.69) is 10.3 Å². The topological polar surface area (TPSA) is 71.5 Å². The molecule has 7 heteroatoms. The number of benzene rings is 2. The molecule has 0 spiro atoms. The van der Waals surface area contributed by atoms with E-state index in [4.69, 9.17) is 4.74 Å². The van der Waals surface area contributed by atoms with Gasteiger partial charge in [0.1, 0.15) is 23.1 Å². The molecule has 2 heterocycles. The minimum Gasteiger partial charge on any atom is -0.486 e. The van der Waals surface area contributed by atoms with Crippen molar-refractivity contribution in [3.8, 4) is 5.75 Å². The second kappa shape index (κ2) is 10.4. The Balaban J connectivity index is 1.26. The van der Waals surface area contributed by atoms with Crippen molar-refractivity contribution in [2.24, 2.45) is 0 Å². The van der Waals surface area contributed by atoms with Gasteiger partial charge in [-0.15, -0.1) is 11.3 Å². The van der Waals surface area contributed by atoms with E-state index in [1.54, 1.807) is 5.38 Å². The highest BCUT2D eigenvalue weighted by Crippen LogP contribution is 2.17. The zero-order valence-corrected chi connectivity index (χ0v) is 19.0. The molecule has 4 rings (SSSR count). The second-order valence-electron chi connectivity index (χ2n) is 7.96. The molecule has 1 N–H and O–H groups in total. The van der Waals surface area contributed by atoms with Crippen LogP contribution in [0.2, 0.25) is 0 Å². The maximum atomic E-state index is 12.6. The summed E-state index contributed by atoms with van der Waals surface area (Å²) in [7, 11) is 0. The Kier molecular flexibility index (Phi) is 7.17. The Labute approximate surface area is 192 Å². The molecule has 1 aliphatic heterocycles. The van der Waals surface area contributed by atoms with Gasteiger partial charge in [-0.25, -0.2) is 4.98 Å². The Morgan fingerprint density at radius 1 is 1.03 bits per heavy atom. The van der Waals surface area contributed by atoms with E-state index in [-0.39, 0.29) is 11.8 Å². The van der Waals surface area contributed by atoms with Gasteiger partial charge in [-0.05, 0) is 56.0 Å². The van der Waals surface area contributed by atoms with E-state index in [1.165, 1.54) is 23.3 Å². The average Bonchev–Trinajstić information content (AvgIpc) is 3.32. The van der Waals surface area contributed by atoms with Crippen LogP contribution >= 0.6 is 11.3 Å². The fraction of sp³-hybridized carbons (Fsp3) is 0.320. The molecule has 0 saturated carbocycles. The minimum atomic E-state index is -0.226. The fourth-order valence-electron chi connectivity index (χ4n) is 3.58. The first-order valence-corrected chi connectivity index (χ1v) is 11.8. The SMILES string of the molecule is Cc1ccc(OCc2nc(C(=O)NCc3ccc(C(=O)N4CCCCC4)cc3)cs2)cc1. The molecule has 1 fully saturated rings. The molecule has 32 heavy (non-hydrogen) atoms. The average molecular weight is 450 g/mol. The number of likely N-dealkylation sites (tertiary alicyclic amines) is 1. The summed E-state index contributed by atoms with van der Waals surface area (Å²) in [5.74, 6) is 0.637. The van der Waals surface area contributed by atoms with Crippen LogP contribution in [0.25, 0.3) is 0 Å². The number of hydrogen-bond acceptors (Lipinski definition) is 5. The molecule has 0 bridgehead atoms. The Morgan fingerprint density at radius 2 is 1.75 bits per heavy atom. The standard InChI is InChI=1S/C25H27N3O3S/c1-18-5-11-21(12-6-18)31-16-23-27-22(17-32-23)24(29)26-15-19-7-9-20(10-8-19)25(30)28-13-3-2-4-14-28/h5-12,17H,2-4,13-16H2,1H3,(H,26,29). The summed E-state index contributed by atoms with van der Waals surface area (Å²) in [5, 5.41) is 5.38. The first-order valence-electron chi connectivity index (χ1n) is 10.9. The molecule has 3 aromatic rings. The Bertz CT molecular complexity index is 1050. The summed E-state index contributed by atoms with van der Waals surface area (Å²) >= 11 is 1.40. The third-order valence-electron chi connectivity index (χ3n) is 5.46. The zero-order chi connectivity index (χ0) is 22.3. The zero-order valence-electron chi connectivity index (χ0n) is 18.2. The number of piperidine rings is 1. The lowest BCUT2D eigenvalue weighted by Gasteiger charge is -2.26. The maximum absolute atomic E-state index is 12.6. The Morgan fingerprint density at radius 3 is 2.47 bits per heavy atom. The van der Waals surface area contributed by atoms with Crippen LogP contribution in [0.1, 0.15) is 56.2 Å². The van der Waals surface area contributed by atoms with Crippen molar-refractivity contribution in [1.29, 1.82) is 0 Å². The lowest BCUT2D eigenvalue weighted by Crippen LogP contribution is -2.35. The van der Waals surface area contributed by atoms with Gasteiger partial charge in [0.05, 0.1) is 0 Å². The third-order valence-corrected chi connectivity index (χ3v) is 6.29. The van der Waals surface area contributed by atoms with E-state index in [0.717, 1.165) is 42.3 Å². The Hall–Kier alpha value is -3.19. The maximum Gasteiger partial charge on any atom is 0.271 e. The number of rotatable bonds is 7. The van der Waals surface area contributed by atoms with Crippen LogP contribution in [0.4, 0.5) is 0 Å². The number of nitrogens with zero attached hydrogens (tertiary/aromatic N) is 2. The molecular formula is C25H27N3O3S. The molecule has 0 radical (unpaired) electrons. The van der Waals surface area contributed by atoms with Crippen LogP contribution < -0.4 is 10.1 Å². The van der Waals surface area contributed by atoms with Crippen LogP contribution in [-0.2, 0) is 13.2 Å². The molecule has 0 aliphatic carbocycles. The summed E-state index contributed by atoms with van der Waals surface area (Å²) < 4.78 is 5.73. The fourth-order valence-corrected chi connectivity index (χ4v) is 4.26. The van der Waals surface area contributed by atoms with Crippen LogP contribution in [0.3, 0.4) is 0 Å². The normalized spacial score (nSPS) is 13.6. The van der Waals surface area contributed by atoms with Gasteiger partial charge >= 0.3 is 0 Å². The van der Waals surface area contributed by atoms with Gasteiger partial charge in [0.25, 0.3) is 11.8 Å². The van der Waals surface area contributed by atoms with E-state index in [0.29, 0.717) is 24.4 Å². The first-order chi connectivity index (χ1) is 15.6. The summed E-state index contributed by atoms with van der Waals surface area (Å²) in [6, 6.07) is 15.3. The van der Waals surface area contributed by atoms with Crippen molar-refractivity contribution in [1.82, 2.24) is 15.2 Å². The largest absolute Gasteiger partial charge is 0.486 e.